The molecule has 0 aliphatic rings. The van der Waals surface area contributed by atoms with Gasteiger partial charge < -0.3 is 9.67 Å². The Hall–Kier alpha value is -2.07. The van der Waals surface area contributed by atoms with Gasteiger partial charge >= 0.3 is 5.97 Å². The maximum absolute atomic E-state index is 12.4. The van der Waals surface area contributed by atoms with E-state index in [4.69, 9.17) is 16.7 Å². The van der Waals surface area contributed by atoms with Crippen LogP contribution in [0.25, 0.3) is 0 Å². The first-order chi connectivity index (χ1) is 9.40. The number of carbonyl (C=O) groups is 2. The number of rotatable bonds is 4. The molecule has 1 heterocycles. The molecule has 0 bridgehead atoms. The van der Waals surface area contributed by atoms with Gasteiger partial charge in [-0.15, -0.1) is 0 Å². The molecule has 0 unspecified atom stereocenters. The van der Waals surface area contributed by atoms with Crippen molar-refractivity contribution >= 4 is 23.4 Å². The fourth-order valence-corrected chi connectivity index (χ4v) is 2.18. The molecule has 5 heteroatoms. The number of halogens is 1. The minimum Gasteiger partial charge on any atom is -0.481 e. The number of carboxylic acid groups (broad SMARTS) is 1. The molecule has 1 N–H and O–H groups in total. The Balaban J connectivity index is 2.36. The zero-order chi connectivity index (χ0) is 14.9. The second-order valence-electron chi connectivity index (χ2n) is 4.63. The Kier molecular flexibility index (Phi) is 3.95. The number of carboxylic acids is 1. The van der Waals surface area contributed by atoms with E-state index in [9.17, 15) is 9.59 Å². The first kappa shape index (κ1) is 14.3. The van der Waals surface area contributed by atoms with Gasteiger partial charge in [0.25, 0.3) is 0 Å². The van der Waals surface area contributed by atoms with Crippen LogP contribution in [0.2, 0.25) is 5.02 Å². The summed E-state index contributed by atoms with van der Waals surface area (Å²) in [7, 11) is 1.68. The van der Waals surface area contributed by atoms with Crippen molar-refractivity contribution in [2.24, 2.45) is 7.05 Å². The summed E-state index contributed by atoms with van der Waals surface area (Å²) in [6.07, 6.45) is -0.113. The van der Waals surface area contributed by atoms with Crippen LogP contribution in [-0.2, 0) is 18.3 Å². The number of hydrogen-bond donors (Lipinski definition) is 1. The molecule has 2 rings (SSSR count). The maximum atomic E-state index is 12.4. The number of carbonyl (C=O) groups excluding carboxylic acids is 1. The SMILES string of the molecule is Cc1ccc(C(=O)c2ccc(CC(=O)O)n2C)cc1Cl. The third-order valence-corrected chi connectivity index (χ3v) is 3.63. The topological polar surface area (TPSA) is 59.3 Å². The maximum Gasteiger partial charge on any atom is 0.309 e. The zero-order valence-electron chi connectivity index (χ0n) is 11.2. The quantitative estimate of drug-likeness (QED) is 0.881. The van der Waals surface area contributed by atoms with Crippen molar-refractivity contribution in [3.8, 4) is 0 Å². The van der Waals surface area contributed by atoms with E-state index in [1.54, 1.807) is 41.9 Å². The number of ketones is 1. The molecular formula is C15H14ClNO3. The van der Waals surface area contributed by atoms with E-state index in [0.717, 1.165) is 5.56 Å². The van der Waals surface area contributed by atoms with Crippen LogP contribution in [-0.4, -0.2) is 21.4 Å². The van der Waals surface area contributed by atoms with Crippen molar-refractivity contribution in [2.45, 2.75) is 13.3 Å². The van der Waals surface area contributed by atoms with Gasteiger partial charge in [0.05, 0.1) is 12.1 Å². The Labute approximate surface area is 121 Å². The molecule has 0 saturated heterocycles. The molecule has 0 atom stereocenters. The molecule has 0 radical (unpaired) electrons. The normalized spacial score (nSPS) is 10.6. The lowest BCUT2D eigenvalue weighted by atomic mass is 10.1. The Morgan fingerprint density at radius 1 is 1.25 bits per heavy atom. The molecule has 0 spiro atoms. The molecule has 1 aromatic carbocycles. The minimum atomic E-state index is -0.927. The van der Waals surface area contributed by atoms with Gasteiger partial charge in [-0.25, -0.2) is 0 Å². The van der Waals surface area contributed by atoms with E-state index in [1.165, 1.54) is 0 Å². The molecule has 0 aliphatic heterocycles. The number of aryl methyl sites for hydroxylation is 1. The molecule has 0 amide bonds. The molecular weight excluding hydrogens is 278 g/mol. The average Bonchev–Trinajstić information content (AvgIpc) is 2.73. The van der Waals surface area contributed by atoms with Gasteiger partial charge in [0.15, 0.2) is 0 Å². The second-order valence-corrected chi connectivity index (χ2v) is 5.04. The first-order valence-corrected chi connectivity index (χ1v) is 6.45. The van der Waals surface area contributed by atoms with E-state index in [-0.39, 0.29) is 12.2 Å². The number of aliphatic carboxylic acids is 1. The van der Waals surface area contributed by atoms with Gasteiger partial charge in [-0.3, -0.25) is 9.59 Å². The van der Waals surface area contributed by atoms with Gasteiger partial charge in [-0.1, -0.05) is 23.7 Å². The lowest BCUT2D eigenvalue weighted by molar-refractivity contribution is -0.136. The van der Waals surface area contributed by atoms with Crippen molar-refractivity contribution in [3.63, 3.8) is 0 Å². The molecule has 0 aliphatic carbocycles. The molecule has 2 aromatic rings. The average molecular weight is 292 g/mol. The highest BCUT2D eigenvalue weighted by Crippen LogP contribution is 2.20. The summed E-state index contributed by atoms with van der Waals surface area (Å²) in [5.41, 5.74) is 2.42. The van der Waals surface area contributed by atoms with E-state index >= 15 is 0 Å². The molecule has 4 nitrogen and oxygen atoms in total. The van der Waals surface area contributed by atoms with Gasteiger partial charge in [0.1, 0.15) is 0 Å². The fourth-order valence-electron chi connectivity index (χ4n) is 2.00. The molecule has 0 saturated carbocycles. The highest BCUT2D eigenvalue weighted by Gasteiger charge is 2.16. The van der Waals surface area contributed by atoms with Crippen LogP contribution in [0.5, 0.6) is 0 Å². The number of nitrogens with zero attached hydrogens (tertiary/aromatic N) is 1. The summed E-state index contributed by atoms with van der Waals surface area (Å²) < 4.78 is 1.60. The summed E-state index contributed by atoms with van der Waals surface area (Å²) >= 11 is 6.02. The first-order valence-electron chi connectivity index (χ1n) is 6.07. The van der Waals surface area contributed by atoms with Crippen molar-refractivity contribution < 1.29 is 14.7 Å². The third-order valence-electron chi connectivity index (χ3n) is 3.22. The Morgan fingerprint density at radius 2 is 1.95 bits per heavy atom. The van der Waals surface area contributed by atoms with Crippen LogP contribution < -0.4 is 0 Å². The Bertz CT molecular complexity index is 688. The van der Waals surface area contributed by atoms with Crippen LogP contribution in [0.15, 0.2) is 30.3 Å². The van der Waals surface area contributed by atoms with Gasteiger partial charge in [-0.2, -0.15) is 0 Å². The van der Waals surface area contributed by atoms with E-state index in [0.29, 0.717) is 22.0 Å². The summed E-state index contributed by atoms with van der Waals surface area (Å²) in [5, 5.41) is 9.35. The third kappa shape index (κ3) is 2.75. The highest BCUT2D eigenvalue weighted by atomic mass is 35.5. The summed E-state index contributed by atoms with van der Waals surface area (Å²) in [6.45, 7) is 1.87. The highest BCUT2D eigenvalue weighted by molar-refractivity contribution is 6.31. The van der Waals surface area contributed by atoms with Crippen LogP contribution in [0.4, 0.5) is 0 Å². The monoisotopic (exact) mass is 291 g/mol. The number of aromatic nitrogens is 1. The molecule has 20 heavy (non-hydrogen) atoms. The predicted octanol–water partition coefficient (Wildman–Crippen LogP) is 2.85. The van der Waals surface area contributed by atoms with E-state index in [2.05, 4.69) is 0 Å². The van der Waals surface area contributed by atoms with Crippen LogP contribution in [0.3, 0.4) is 0 Å². The lowest BCUT2D eigenvalue weighted by Crippen LogP contribution is -2.11. The lowest BCUT2D eigenvalue weighted by Gasteiger charge is -2.07. The second kappa shape index (κ2) is 5.51. The number of hydrogen-bond acceptors (Lipinski definition) is 2. The largest absolute Gasteiger partial charge is 0.481 e. The van der Waals surface area contributed by atoms with Gasteiger partial charge in [-0.05, 0) is 30.7 Å². The van der Waals surface area contributed by atoms with Crippen LogP contribution >= 0.6 is 11.6 Å². The van der Waals surface area contributed by atoms with Gasteiger partial charge in [0.2, 0.25) is 5.78 Å². The van der Waals surface area contributed by atoms with Crippen LogP contribution in [0, 0.1) is 6.92 Å². The molecule has 104 valence electrons. The predicted molar refractivity (Wildman–Crippen MR) is 76.4 cm³/mol. The smallest absolute Gasteiger partial charge is 0.309 e. The molecule has 0 fully saturated rings. The van der Waals surface area contributed by atoms with E-state index in [1.807, 2.05) is 6.92 Å². The summed E-state index contributed by atoms with van der Waals surface area (Å²) in [6, 6.07) is 8.42. The summed E-state index contributed by atoms with van der Waals surface area (Å²) in [4.78, 5) is 23.1. The van der Waals surface area contributed by atoms with Crippen molar-refractivity contribution in [3.05, 3.63) is 57.9 Å². The van der Waals surface area contributed by atoms with Crippen molar-refractivity contribution in [2.75, 3.05) is 0 Å². The standard InChI is InChI=1S/C15H14ClNO3/c1-9-3-4-10(7-12(9)16)15(20)13-6-5-11(17(13)2)8-14(18)19/h3-7H,8H2,1-2H3,(H,18,19). The summed E-state index contributed by atoms with van der Waals surface area (Å²) in [5.74, 6) is -1.10. The number of benzene rings is 1. The van der Waals surface area contributed by atoms with Crippen molar-refractivity contribution in [1.29, 1.82) is 0 Å². The molecule has 1 aromatic heterocycles. The van der Waals surface area contributed by atoms with Crippen molar-refractivity contribution in [1.82, 2.24) is 4.57 Å². The fraction of sp³-hybridized carbons (Fsp3) is 0.200. The minimum absolute atomic E-state index is 0.113. The zero-order valence-corrected chi connectivity index (χ0v) is 11.9. The Morgan fingerprint density at radius 3 is 2.55 bits per heavy atom. The van der Waals surface area contributed by atoms with Gasteiger partial charge in [0, 0.05) is 23.3 Å². The van der Waals surface area contributed by atoms with E-state index < -0.39 is 5.97 Å². The van der Waals surface area contributed by atoms with Crippen LogP contribution in [0.1, 0.15) is 27.3 Å².